The number of nitrogens with zero attached hydrogens (tertiary/aromatic N) is 2. The Balaban J connectivity index is 1.53. The first kappa shape index (κ1) is 17.4. The Morgan fingerprint density at radius 3 is 2.72 bits per heavy atom. The lowest BCUT2D eigenvalue weighted by atomic mass is 10.1. The summed E-state index contributed by atoms with van der Waals surface area (Å²) in [7, 11) is 1.85. The molecule has 0 aliphatic rings. The molecule has 5 heteroatoms. The Hall–Kier alpha value is -2.40. The third kappa shape index (κ3) is 4.57. The number of likely N-dealkylation sites (N-methyl/N-ethyl adjacent to an activating group) is 1. The highest BCUT2D eigenvalue weighted by molar-refractivity contribution is 7.13. The minimum atomic E-state index is 0.0715. The molecule has 0 radical (unpaired) electrons. The number of hydrogen-bond donors (Lipinski definition) is 0. The third-order valence-electron chi connectivity index (χ3n) is 4.17. The third-order valence-corrected chi connectivity index (χ3v) is 5.03. The number of carbonyl (C=O) groups excluding carboxylic acids is 1. The SMILES string of the molecule is Cc1oc(-c2cccs2)nc1CC(=O)N(C)CCCc1ccccc1. The lowest BCUT2D eigenvalue weighted by molar-refractivity contribution is -0.129. The second kappa shape index (κ2) is 8.12. The highest BCUT2D eigenvalue weighted by atomic mass is 32.1. The molecule has 2 aromatic heterocycles. The lowest BCUT2D eigenvalue weighted by Gasteiger charge is -2.16. The highest BCUT2D eigenvalue weighted by Crippen LogP contribution is 2.26. The fourth-order valence-electron chi connectivity index (χ4n) is 2.67. The molecule has 2 heterocycles. The summed E-state index contributed by atoms with van der Waals surface area (Å²) in [5.74, 6) is 1.39. The van der Waals surface area contributed by atoms with Gasteiger partial charge in [0.2, 0.25) is 11.8 Å². The summed E-state index contributed by atoms with van der Waals surface area (Å²) in [6.45, 7) is 2.60. The van der Waals surface area contributed by atoms with Crippen molar-refractivity contribution in [3.63, 3.8) is 0 Å². The zero-order valence-corrected chi connectivity index (χ0v) is 15.4. The maximum absolute atomic E-state index is 12.4. The van der Waals surface area contributed by atoms with E-state index >= 15 is 0 Å². The van der Waals surface area contributed by atoms with E-state index in [2.05, 4.69) is 17.1 Å². The van der Waals surface area contributed by atoms with Crippen molar-refractivity contribution >= 4 is 17.2 Å². The number of hydrogen-bond acceptors (Lipinski definition) is 4. The van der Waals surface area contributed by atoms with Gasteiger partial charge in [0.15, 0.2) is 0 Å². The average Bonchev–Trinajstić information content (AvgIpc) is 3.26. The van der Waals surface area contributed by atoms with Crippen LogP contribution in [0.4, 0.5) is 0 Å². The summed E-state index contributed by atoms with van der Waals surface area (Å²) in [4.78, 5) is 19.7. The van der Waals surface area contributed by atoms with E-state index in [-0.39, 0.29) is 12.3 Å². The molecule has 0 atom stereocenters. The van der Waals surface area contributed by atoms with E-state index in [1.165, 1.54) is 5.56 Å². The largest absolute Gasteiger partial charge is 0.440 e. The van der Waals surface area contributed by atoms with Gasteiger partial charge in [-0.25, -0.2) is 4.98 Å². The molecule has 0 fully saturated rings. The minimum absolute atomic E-state index is 0.0715. The molecule has 3 aromatic rings. The van der Waals surface area contributed by atoms with Gasteiger partial charge in [0.1, 0.15) is 5.76 Å². The summed E-state index contributed by atoms with van der Waals surface area (Å²) in [5.41, 5.74) is 2.03. The maximum Gasteiger partial charge on any atom is 0.236 e. The van der Waals surface area contributed by atoms with Crippen LogP contribution in [0, 0.1) is 6.92 Å². The van der Waals surface area contributed by atoms with Crippen LogP contribution in [0.25, 0.3) is 10.8 Å². The predicted molar refractivity (Wildman–Crippen MR) is 101 cm³/mol. The summed E-state index contributed by atoms with van der Waals surface area (Å²) < 4.78 is 5.71. The van der Waals surface area contributed by atoms with Gasteiger partial charge >= 0.3 is 0 Å². The number of thiophene rings is 1. The number of amides is 1. The van der Waals surface area contributed by atoms with Crippen molar-refractivity contribution in [1.29, 1.82) is 0 Å². The Bertz CT molecular complexity index is 810. The molecule has 0 aliphatic heterocycles. The normalized spacial score (nSPS) is 10.8. The fraction of sp³-hybridized carbons (Fsp3) is 0.300. The van der Waals surface area contributed by atoms with Gasteiger partial charge in [-0.05, 0) is 36.8 Å². The van der Waals surface area contributed by atoms with Gasteiger partial charge in [-0.2, -0.15) is 0 Å². The first-order valence-electron chi connectivity index (χ1n) is 8.41. The van der Waals surface area contributed by atoms with E-state index in [0.29, 0.717) is 5.89 Å². The molecule has 1 aromatic carbocycles. The number of aromatic nitrogens is 1. The van der Waals surface area contributed by atoms with Crippen LogP contribution in [0.3, 0.4) is 0 Å². The molecular formula is C20H22N2O2S. The summed E-state index contributed by atoms with van der Waals surface area (Å²) in [6, 6.07) is 14.3. The molecule has 4 nitrogen and oxygen atoms in total. The van der Waals surface area contributed by atoms with Crippen molar-refractivity contribution in [2.45, 2.75) is 26.2 Å². The maximum atomic E-state index is 12.4. The van der Waals surface area contributed by atoms with E-state index < -0.39 is 0 Å². The Labute approximate surface area is 152 Å². The second-order valence-corrected chi connectivity index (χ2v) is 7.03. The fourth-order valence-corrected chi connectivity index (χ4v) is 3.31. The predicted octanol–water partition coefficient (Wildman–Crippen LogP) is 4.35. The lowest BCUT2D eigenvalue weighted by Crippen LogP contribution is -2.29. The Morgan fingerprint density at radius 2 is 2.00 bits per heavy atom. The number of benzene rings is 1. The van der Waals surface area contributed by atoms with Crippen LogP contribution in [0.1, 0.15) is 23.4 Å². The molecule has 0 saturated carbocycles. The van der Waals surface area contributed by atoms with Crippen LogP contribution in [-0.4, -0.2) is 29.4 Å². The van der Waals surface area contributed by atoms with Gasteiger partial charge in [-0.3, -0.25) is 4.79 Å². The van der Waals surface area contributed by atoms with E-state index in [1.54, 1.807) is 16.2 Å². The number of aryl methyl sites for hydroxylation is 2. The molecule has 0 spiro atoms. The molecule has 25 heavy (non-hydrogen) atoms. The van der Waals surface area contributed by atoms with Gasteiger partial charge in [-0.15, -0.1) is 11.3 Å². The minimum Gasteiger partial charge on any atom is -0.440 e. The van der Waals surface area contributed by atoms with Crippen molar-refractivity contribution in [2.75, 3.05) is 13.6 Å². The van der Waals surface area contributed by atoms with Crippen LogP contribution in [0.15, 0.2) is 52.3 Å². The summed E-state index contributed by atoms with van der Waals surface area (Å²) >= 11 is 1.58. The molecule has 0 saturated heterocycles. The van der Waals surface area contributed by atoms with E-state index in [9.17, 15) is 4.79 Å². The first-order chi connectivity index (χ1) is 12.1. The van der Waals surface area contributed by atoms with E-state index in [4.69, 9.17) is 4.42 Å². The van der Waals surface area contributed by atoms with Crippen LogP contribution in [0.5, 0.6) is 0 Å². The number of carbonyl (C=O) groups is 1. The van der Waals surface area contributed by atoms with E-state index in [0.717, 1.165) is 35.7 Å². The van der Waals surface area contributed by atoms with Crippen LogP contribution < -0.4 is 0 Å². The van der Waals surface area contributed by atoms with Gasteiger partial charge in [0.25, 0.3) is 0 Å². The van der Waals surface area contributed by atoms with Crippen molar-refractivity contribution in [3.05, 3.63) is 64.9 Å². The van der Waals surface area contributed by atoms with Crippen molar-refractivity contribution in [2.24, 2.45) is 0 Å². The zero-order chi connectivity index (χ0) is 17.6. The molecule has 0 aliphatic carbocycles. The van der Waals surface area contributed by atoms with Crippen molar-refractivity contribution < 1.29 is 9.21 Å². The standard InChI is InChI=1S/C20H22N2O2S/c1-15-17(21-20(24-15)18-11-7-13-25-18)14-19(23)22(2)12-6-10-16-8-4-3-5-9-16/h3-5,7-9,11,13H,6,10,12,14H2,1-2H3. The smallest absolute Gasteiger partial charge is 0.236 e. The van der Waals surface area contributed by atoms with Crippen LogP contribution >= 0.6 is 11.3 Å². The molecule has 0 unspecified atom stereocenters. The Kier molecular flexibility index (Phi) is 5.66. The highest BCUT2D eigenvalue weighted by Gasteiger charge is 2.17. The number of rotatable bonds is 7. The van der Waals surface area contributed by atoms with Gasteiger partial charge < -0.3 is 9.32 Å². The van der Waals surface area contributed by atoms with E-state index in [1.807, 2.05) is 49.7 Å². The van der Waals surface area contributed by atoms with Crippen LogP contribution in [0.2, 0.25) is 0 Å². The molecular weight excluding hydrogens is 332 g/mol. The van der Waals surface area contributed by atoms with Gasteiger partial charge in [0, 0.05) is 13.6 Å². The topological polar surface area (TPSA) is 46.3 Å². The molecule has 1 amide bonds. The summed E-state index contributed by atoms with van der Waals surface area (Å²) in [5, 5.41) is 1.99. The molecule has 0 bridgehead atoms. The average molecular weight is 354 g/mol. The first-order valence-corrected chi connectivity index (χ1v) is 9.29. The van der Waals surface area contributed by atoms with Crippen molar-refractivity contribution in [1.82, 2.24) is 9.88 Å². The molecule has 3 rings (SSSR count). The van der Waals surface area contributed by atoms with Crippen LogP contribution in [-0.2, 0) is 17.6 Å². The quantitative estimate of drug-likeness (QED) is 0.634. The monoisotopic (exact) mass is 354 g/mol. The Morgan fingerprint density at radius 1 is 1.20 bits per heavy atom. The summed E-state index contributed by atoms with van der Waals surface area (Å²) in [6.07, 6.45) is 2.21. The van der Waals surface area contributed by atoms with Gasteiger partial charge in [-0.1, -0.05) is 36.4 Å². The number of oxazole rings is 1. The molecule has 130 valence electrons. The zero-order valence-electron chi connectivity index (χ0n) is 14.6. The second-order valence-electron chi connectivity index (χ2n) is 6.08. The van der Waals surface area contributed by atoms with Crippen molar-refractivity contribution in [3.8, 4) is 10.8 Å². The molecule has 0 N–H and O–H groups in total. The van der Waals surface area contributed by atoms with Gasteiger partial charge in [0.05, 0.1) is 17.0 Å².